The molecule has 2 aromatic carbocycles. The number of hydrogen-bond donors (Lipinski definition) is 4. The largest absolute Gasteiger partial charge is 0.505 e. The third-order valence-electron chi connectivity index (χ3n) is 3.87. The molecule has 146 valence electrons. The third-order valence-corrected chi connectivity index (χ3v) is 3.87. The van der Waals surface area contributed by atoms with Crippen LogP contribution in [0.25, 0.3) is 0 Å². The molecule has 2 rings (SSSR count). The molecule has 2 aromatic rings. The second-order valence-electron chi connectivity index (χ2n) is 5.71. The van der Waals surface area contributed by atoms with Crippen molar-refractivity contribution in [3.8, 4) is 11.5 Å². The van der Waals surface area contributed by atoms with E-state index in [1.165, 1.54) is 5.48 Å². The molecule has 0 radical (unpaired) electrons. The highest BCUT2D eigenvalue weighted by Crippen LogP contribution is 2.26. The van der Waals surface area contributed by atoms with E-state index in [0.29, 0.717) is 0 Å². The van der Waals surface area contributed by atoms with E-state index in [0.717, 1.165) is 29.2 Å². The number of nitrogens with one attached hydrogen (secondary N) is 1. The molecular weight excluding hydrogens is 372 g/mol. The molecule has 0 unspecified atom stereocenters. The number of rotatable bonds is 7. The second kappa shape index (κ2) is 8.69. The van der Waals surface area contributed by atoms with Crippen molar-refractivity contribution in [2.75, 3.05) is 6.54 Å². The number of phenolic OH excluding ortho intramolecular Hbond substituents is 2. The van der Waals surface area contributed by atoms with Crippen molar-refractivity contribution in [2.45, 2.75) is 19.5 Å². The standard InChI is InChI=1S/C17H16F4N2O4/c18-11-1-3-13(24)16(20)9(11)7-23(6-5-15(26)22-27)8-10-12(19)2-4-14(25)17(10)21/h1-4,24-25,27H,5-8H2,(H,22,26). The van der Waals surface area contributed by atoms with Crippen LogP contribution in [-0.2, 0) is 17.9 Å². The highest BCUT2D eigenvalue weighted by atomic mass is 19.1. The van der Waals surface area contributed by atoms with Gasteiger partial charge in [-0.25, -0.2) is 23.0 Å². The Labute approximate surface area is 151 Å². The van der Waals surface area contributed by atoms with Gasteiger partial charge in [0.25, 0.3) is 0 Å². The van der Waals surface area contributed by atoms with E-state index in [1.807, 2.05) is 0 Å². The molecule has 0 fully saturated rings. The number of halogens is 4. The number of carbonyl (C=O) groups is 1. The minimum atomic E-state index is -1.25. The van der Waals surface area contributed by atoms with Crippen LogP contribution in [0.1, 0.15) is 17.5 Å². The molecule has 4 N–H and O–H groups in total. The summed E-state index contributed by atoms with van der Waals surface area (Å²) in [6.07, 6.45) is -0.347. The number of hydrogen-bond acceptors (Lipinski definition) is 5. The van der Waals surface area contributed by atoms with E-state index >= 15 is 0 Å². The van der Waals surface area contributed by atoms with Gasteiger partial charge < -0.3 is 10.2 Å². The number of aromatic hydroxyl groups is 2. The molecule has 1 amide bonds. The van der Waals surface area contributed by atoms with Gasteiger partial charge in [0.1, 0.15) is 11.6 Å². The summed E-state index contributed by atoms with van der Waals surface area (Å²) in [5.74, 6) is -6.94. The van der Waals surface area contributed by atoms with Gasteiger partial charge in [-0.2, -0.15) is 0 Å². The number of carbonyl (C=O) groups excluding carboxylic acids is 1. The molecule has 0 heterocycles. The van der Waals surface area contributed by atoms with Gasteiger partial charge in [-0.3, -0.25) is 14.9 Å². The fourth-order valence-corrected chi connectivity index (χ4v) is 2.44. The Morgan fingerprint density at radius 1 is 0.889 bits per heavy atom. The maximum Gasteiger partial charge on any atom is 0.244 e. The molecule has 0 aliphatic heterocycles. The van der Waals surface area contributed by atoms with Crippen molar-refractivity contribution in [1.29, 1.82) is 0 Å². The van der Waals surface area contributed by atoms with Gasteiger partial charge in [0, 0.05) is 37.2 Å². The van der Waals surface area contributed by atoms with E-state index in [4.69, 9.17) is 5.21 Å². The lowest BCUT2D eigenvalue weighted by Gasteiger charge is -2.23. The van der Waals surface area contributed by atoms with Gasteiger partial charge >= 0.3 is 0 Å². The molecule has 0 saturated heterocycles. The quantitative estimate of drug-likeness (QED) is 0.332. The Morgan fingerprint density at radius 2 is 1.33 bits per heavy atom. The minimum absolute atomic E-state index is 0.241. The van der Waals surface area contributed by atoms with Crippen molar-refractivity contribution in [3.63, 3.8) is 0 Å². The van der Waals surface area contributed by atoms with Crippen molar-refractivity contribution in [3.05, 3.63) is 58.7 Å². The first-order valence-electron chi connectivity index (χ1n) is 7.71. The molecule has 0 aliphatic carbocycles. The summed E-state index contributed by atoms with van der Waals surface area (Å²) < 4.78 is 55.9. The first-order chi connectivity index (χ1) is 12.7. The lowest BCUT2D eigenvalue weighted by atomic mass is 10.1. The topological polar surface area (TPSA) is 93.0 Å². The fourth-order valence-electron chi connectivity index (χ4n) is 2.44. The SMILES string of the molecule is O=C(CCN(Cc1c(F)ccc(O)c1F)Cc1c(F)ccc(O)c1F)NO. The summed E-state index contributed by atoms with van der Waals surface area (Å²) >= 11 is 0. The summed E-state index contributed by atoms with van der Waals surface area (Å²) in [6.45, 7) is -1.33. The first kappa shape index (κ1) is 20.5. The summed E-state index contributed by atoms with van der Waals surface area (Å²) in [5.41, 5.74) is 0.232. The monoisotopic (exact) mass is 388 g/mol. The van der Waals surface area contributed by atoms with Crippen LogP contribution >= 0.6 is 0 Å². The van der Waals surface area contributed by atoms with Crippen LogP contribution in [0.5, 0.6) is 11.5 Å². The number of phenols is 2. The molecule has 10 heteroatoms. The predicted octanol–water partition coefficient (Wildman–Crippen LogP) is 2.55. The summed E-state index contributed by atoms with van der Waals surface area (Å²) in [6, 6.07) is 3.27. The van der Waals surface area contributed by atoms with E-state index in [2.05, 4.69) is 0 Å². The smallest absolute Gasteiger partial charge is 0.244 e. The molecule has 0 spiro atoms. The number of benzene rings is 2. The maximum absolute atomic E-state index is 14.0. The van der Waals surface area contributed by atoms with Crippen molar-refractivity contribution in [2.24, 2.45) is 0 Å². The molecule has 0 bridgehead atoms. The number of hydroxylamine groups is 1. The van der Waals surface area contributed by atoms with Crippen molar-refractivity contribution >= 4 is 5.91 Å². The van der Waals surface area contributed by atoms with Crippen LogP contribution in [-0.4, -0.2) is 32.8 Å². The zero-order chi connectivity index (χ0) is 20.1. The highest BCUT2D eigenvalue weighted by molar-refractivity contribution is 5.74. The number of amides is 1. The molecule has 27 heavy (non-hydrogen) atoms. The van der Waals surface area contributed by atoms with Crippen LogP contribution in [0.15, 0.2) is 24.3 Å². The Kier molecular flexibility index (Phi) is 6.59. The average molecular weight is 388 g/mol. The van der Waals surface area contributed by atoms with Crippen LogP contribution in [0.3, 0.4) is 0 Å². The van der Waals surface area contributed by atoms with Gasteiger partial charge in [-0.1, -0.05) is 0 Å². The molecular formula is C17H16F4N2O4. The van der Waals surface area contributed by atoms with E-state index in [1.54, 1.807) is 0 Å². The Morgan fingerprint density at radius 3 is 1.74 bits per heavy atom. The normalized spacial score (nSPS) is 11.0. The molecule has 0 atom stereocenters. The maximum atomic E-state index is 14.0. The Balaban J connectivity index is 2.34. The molecule has 0 aliphatic rings. The zero-order valence-electron chi connectivity index (χ0n) is 13.8. The lowest BCUT2D eigenvalue weighted by Crippen LogP contribution is -2.30. The summed E-state index contributed by atoms with van der Waals surface area (Å²) in [5, 5.41) is 27.3. The Hall–Kier alpha value is -2.85. The summed E-state index contributed by atoms with van der Waals surface area (Å²) in [4.78, 5) is 12.4. The Bertz CT molecular complexity index is 789. The highest BCUT2D eigenvalue weighted by Gasteiger charge is 2.21. The molecule has 6 nitrogen and oxygen atoms in total. The van der Waals surface area contributed by atoms with E-state index in [9.17, 15) is 32.6 Å². The first-order valence-corrected chi connectivity index (χ1v) is 7.71. The van der Waals surface area contributed by atoms with E-state index in [-0.39, 0.29) is 13.0 Å². The lowest BCUT2D eigenvalue weighted by molar-refractivity contribution is -0.129. The molecule has 0 saturated carbocycles. The predicted molar refractivity (Wildman–Crippen MR) is 84.7 cm³/mol. The van der Waals surface area contributed by atoms with Gasteiger partial charge in [0.05, 0.1) is 0 Å². The van der Waals surface area contributed by atoms with Crippen LogP contribution in [0.2, 0.25) is 0 Å². The minimum Gasteiger partial charge on any atom is -0.505 e. The van der Waals surface area contributed by atoms with Crippen molar-refractivity contribution < 1.29 is 37.8 Å². The average Bonchev–Trinajstić information content (AvgIpc) is 2.65. The molecule has 0 aromatic heterocycles. The number of nitrogens with zero attached hydrogens (tertiary/aromatic N) is 1. The zero-order valence-corrected chi connectivity index (χ0v) is 13.8. The van der Waals surface area contributed by atoms with E-state index < -0.39 is 64.9 Å². The van der Waals surface area contributed by atoms with Crippen molar-refractivity contribution in [1.82, 2.24) is 10.4 Å². The van der Waals surface area contributed by atoms with Gasteiger partial charge in [0.15, 0.2) is 23.1 Å². The summed E-state index contributed by atoms with van der Waals surface area (Å²) in [7, 11) is 0. The van der Waals surface area contributed by atoms with Crippen LogP contribution in [0, 0.1) is 23.3 Å². The van der Waals surface area contributed by atoms with Crippen LogP contribution < -0.4 is 5.48 Å². The van der Waals surface area contributed by atoms with Gasteiger partial charge in [-0.05, 0) is 24.3 Å². The van der Waals surface area contributed by atoms with Crippen LogP contribution in [0.4, 0.5) is 17.6 Å². The van der Waals surface area contributed by atoms with Gasteiger partial charge in [0.2, 0.25) is 5.91 Å². The second-order valence-corrected chi connectivity index (χ2v) is 5.71. The fraction of sp³-hybridized carbons (Fsp3) is 0.235. The van der Waals surface area contributed by atoms with Gasteiger partial charge in [-0.15, -0.1) is 0 Å². The third kappa shape index (κ3) is 4.86.